The number of hydrogen-bond donors (Lipinski definition) is 1. The number of aliphatic hydroxyl groups is 1. The number of carbonyl (C=O) groups excluding carboxylic acids is 2. The summed E-state index contributed by atoms with van der Waals surface area (Å²) in [6, 6.07) is 7.06. The Morgan fingerprint density at radius 2 is 1.91 bits per heavy atom. The number of hydrogen-bond acceptors (Lipinski definition) is 4. The third-order valence-corrected chi connectivity index (χ3v) is 3.69. The maximum atomic E-state index is 12.4. The topological polar surface area (TPSA) is 66.8 Å². The number of amides is 1. The van der Waals surface area contributed by atoms with Crippen molar-refractivity contribution in [2.45, 2.75) is 25.8 Å². The SMILES string of the molecule is COC(=O)CCN(C(=O)/C=C/c1ccc(Cl)cc1)C(C)(C)CO. The molecule has 0 aliphatic heterocycles. The van der Waals surface area contributed by atoms with Crippen molar-refractivity contribution in [2.24, 2.45) is 0 Å². The minimum Gasteiger partial charge on any atom is -0.469 e. The van der Waals surface area contributed by atoms with E-state index in [-0.39, 0.29) is 25.5 Å². The van der Waals surface area contributed by atoms with Crippen LogP contribution in [0.4, 0.5) is 0 Å². The highest BCUT2D eigenvalue weighted by Gasteiger charge is 2.29. The van der Waals surface area contributed by atoms with Gasteiger partial charge in [-0.2, -0.15) is 0 Å². The highest BCUT2D eigenvalue weighted by Crippen LogP contribution is 2.16. The van der Waals surface area contributed by atoms with Crippen LogP contribution in [0.15, 0.2) is 30.3 Å². The van der Waals surface area contributed by atoms with Gasteiger partial charge in [0.05, 0.1) is 25.7 Å². The Balaban J connectivity index is 2.85. The maximum Gasteiger partial charge on any atom is 0.307 e. The van der Waals surface area contributed by atoms with Crippen LogP contribution in [0.2, 0.25) is 5.02 Å². The fourth-order valence-electron chi connectivity index (χ4n) is 1.93. The number of esters is 1. The van der Waals surface area contributed by atoms with Crippen LogP contribution >= 0.6 is 11.6 Å². The molecule has 1 amide bonds. The molecule has 0 saturated heterocycles. The van der Waals surface area contributed by atoms with Crippen molar-refractivity contribution in [3.63, 3.8) is 0 Å². The molecule has 0 heterocycles. The number of ether oxygens (including phenoxy) is 1. The number of halogens is 1. The van der Waals surface area contributed by atoms with Crippen molar-refractivity contribution < 1.29 is 19.4 Å². The van der Waals surface area contributed by atoms with Crippen LogP contribution in [0, 0.1) is 0 Å². The van der Waals surface area contributed by atoms with Gasteiger partial charge in [0.1, 0.15) is 0 Å². The van der Waals surface area contributed by atoms with Crippen LogP contribution < -0.4 is 0 Å². The van der Waals surface area contributed by atoms with Crippen molar-refractivity contribution in [3.8, 4) is 0 Å². The smallest absolute Gasteiger partial charge is 0.307 e. The van der Waals surface area contributed by atoms with Crippen molar-refractivity contribution in [1.82, 2.24) is 4.90 Å². The van der Waals surface area contributed by atoms with Crippen molar-refractivity contribution in [2.75, 3.05) is 20.3 Å². The molecule has 0 unspecified atom stereocenters. The standard InChI is InChI=1S/C17H22ClNO4/c1-17(2,12-20)19(11-10-16(22)23-3)15(21)9-6-13-4-7-14(18)8-5-13/h4-9,20H,10-12H2,1-3H3/b9-6+. The molecule has 126 valence electrons. The molecule has 0 atom stereocenters. The minimum absolute atomic E-state index is 0.0699. The van der Waals surface area contributed by atoms with Gasteiger partial charge >= 0.3 is 5.97 Å². The third kappa shape index (κ3) is 6.04. The van der Waals surface area contributed by atoms with Gasteiger partial charge in [-0.15, -0.1) is 0 Å². The van der Waals surface area contributed by atoms with Gasteiger partial charge in [0, 0.05) is 17.6 Å². The summed E-state index contributed by atoms with van der Waals surface area (Å²) in [6.07, 6.45) is 3.15. The summed E-state index contributed by atoms with van der Waals surface area (Å²) in [4.78, 5) is 25.2. The lowest BCUT2D eigenvalue weighted by atomic mass is 10.0. The number of rotatable bonds is 7. The Labute approximate surface area is 141 Å². The fraction of sp³-hybridized carbons (Fsp3) is 0.412. The lowest BCUT2D eigenvalue weighted by Crippen LogP contribution is -2.50. The van der Waals surface area contributed by atoms with E-state index in [4.69, 9.17) is 11.6 Å². The van der Waals surface area contributed by atoms with Gasteiger partial charge < -0.3 is 14.7 Å². The zero-order valence-corrected chi connectivity index (χ0v) is 14.3. The summed E-state index contributed by atoms with van der Waals surface area (Å²) in [5.74, 6) is -0.693. The fourth-order valence-corrected chi connectivity index (χ4v) is 2.06. The zero-order chi connectivity index (χ0) is 17.5. The zero-order valence-electron chi connectivity index (χ0n) is 13.6. The monoisotopic (exact) mass is 339 g/mol. The molecule has 1 aromatic carbocycles. The van der Waals surface area contributed by atoms with E-state index in [0.29, 0.717) is 5.02 Å². The average molecular weight is 340 g/mol. The predicted molar refractivity (Wildman–Crippen MR) is 90.0 cm³/mol. The Kier molecular flexibility index (Phi) is 7.26. The van der Waals surface area contributed by atoms with Crippen LogP contribution in [0.5, 0.6) is 0 Å². The summed E-state index contributed by atoms with van der Waals surface area (Å²) >= 11 is 5.82. The molecule has 1 rings (SSSR count). The van der Waals surface area contributed by atoms with Gasteiger partial charge in [0.25, 0.3) is 0 Å². The Morgan fingerprint density at radius 3 is 2.43 bits per heavy atom. The minimum atomic E-state index is -0.782. The molecule has 0 saturated carbocycles. The molecule has 5 nitrogen and oxygen atoms in total. The molecule has 23 heavy (non-hydrogen) atoms. The van der Waals surface area contributed by atoms with Gasteiger partial charge in [-0.1, -0.05) is 23.7 Å². The summed E-state index contributed by atoms with van der Waals surface area (Å²) in [7, 11) is 1.30. The van der Waals surface area contributed by atoms with Crippen LogP contribution in [0.1, 0.15) is 25.8 Å². The van der Waals surface area contributed by atoms with E-state index < -0.39 is 11.5 Å². The lowest BCUT2D eigenvalue weighted by Gasteiger charge is -2.36. The summed E-state index contributed by atoms with van der Waals surface area (Å²) in [5.41, 5.74) is 0.0487. The van der Waals surface area contributed by atoms with E-state index in [0.717, 1.165) is 5.56 Å². The second-order valence-electron chi connectivity index (χ2n) is 5.67. The largest absolute Gasteiger partial charge is 0.469 e. The normalized spacial score (nSPS) is 11.5. The first-order valence-electron chi connectivity index (χ1n) is 7.23. The molecule has 0 spiro atoms. The van der Waals surface area contributed by atoms with Crippen molar-refractivity contribution >= 4 is 29.6 Å². The molecule has 0 aliphatic rings. The lowest BCUT2D eigenvalue weighted by molar-refractivity contribution is -0.142. The first-order chi connectivity index (χ1) is 10.8. The van der Waals surface area contributed by atoms with E-state index in [9.17, 15) is 14.7 Å². The van der Waals surface area contributed by atoms with Gasteiger partial charge in [0.2, 0.25) is 5.91 Å². The van der Waals surface area contributed by atoms with Crippen LogP contribution in [-0.4, -0.2) is 47.7 Å². The maximum absolute atomic E-state index is 12.4. The molecular weight excluding hydrogens is 318 g/mol. The first-order valence-corrected chi connectivity index (χ1v) is 7.61. The molecule has 0 radical (unpaired) electrons. The van der Waals surface area contributed by atoms with Gasteiger partial charge in [-0.3, -0.25) is 9.59 Å². The Bertz CT molecular complexity index is 566. The highest BCUT2D eigenvalue weighted by atomic mass is 35.5. The van der Waals surface area contributed by atoms with Gasteiger partial charge in [-0.25, -0.2) is 0 Å². The summed E-state index contributed by atoms with van der Waals surface area (Å²) in [6.45, 7) is 3.43. The number of benzene rings is 1. The molecule has 0 fully saturated rings. The molecule has 1 N–H and O–H groups in total. The molecule has 1 aromatic rings. The summed E-state index contributed by atoms with van der Waals surface area (Å²) < 4.78 is 4.60. The number of aliphatic hydroxyl groups excluding tert-OH is 1. The van der Waals surface area contributed by atoms with E-state index in [1.54, 1.807) is 44.2 Å². The molecule has 0 aromatic heterocycles. The van der Waals surface area contributed by atoms with Crippen molar-refractivity contribution in [1.29, 1.82) is 0 Å². The molecule has 0 aliphatic carbocycles. The van der Waals surface area contributed by atoms with Crippen molar-refractivity contribution in [3.05, 3.63) is 40.9 Å². The second kappa shape index (κ2) is 8.70. The quantitative estimate of drug-likeness (QED) is 0.612. The molecule has 0 bridgehead atoms. The third-order valence-electron chi connectivity index (χ3n) is 3.44. The summed E-state index contributed by atoms with van der Waals surface area (Å²) in [5, 5.41) is 10.1. The molecule has 6 heteroatoms. The second-order valence-corrected chi connectivity index (χ2v) is 6.11. The van der Waals surface area contributed by atoms with E-state index in [1.807, 2.05) is 0 Å². The highest BCUT2D eigenvalue weighted by molar-refractivity contribution is 6.30. The Hall–Kier alpha value is -1.85. The molecular formula is C17H22ClNO4. The van der Waals surface area contributed by atoms with Crippen LogP contribution in [0.25, 0.3) is 6.08 Å². The number of nitrogens with zero attached hydrogens (tertiary/aromatic N) is 1. The Morgan fingerprint density at radius 1 is 1.30 bits per heavy atom. The van der Waals surface area contributed by atoms with E-state index in [1.165, 1.54) is 18.1 Å². The first kappa shape index (κ1) is 19.2. The average Bonchev–Trinajstić information content (AvgIpc) is 2.54. The van der Waals surface area contributed by atoms with Gasteiger partial charge in [0.15, 0.2) is 0 Å². The van der Waals surface area contributed by atoms with E-state index in [2.05, 4.69) is 4.74 Å². The number of carbonyl (C=O) groups is 2. The van der Waals surface area contributed by atoms with Gasteiger partial charge in [-0.05, 0) is 37.6 Å². The van der Waals surface area contributed by atoms with Crippen LogP contribution in [0.3, 0.4) is 0 Å². The number of methoxy groups -OCH3 is 1. The predicted octanol–water partition coefficient (Wildman–Crippen LogP) is 2.52. The van der Waals surface area contributed by atoms with E-state index >= 15 is 0 Å². The van der Waals surface area contributed by atoms with Crippen LogP contribution in [-0.2, 0) is 14.3 Å².